The molecule has 2 N–H and O–H groups in total. The molecule has 0 saturated carbocycles. The lowest BCUT2D eigenvalue weighted by molar-refractivity contribution is -0.123. The summed E-state index contributed by atoms with van der Waals surface area (Å²) >= 11 is 3.35. The first-order chi connectivity index (χ1) is 11.6. The number of amides is 1. The molecule has 24 heavy (non-hydrogen) atoms. The third-order valence-electron chi connectivity index (χ3n) is 3.14. The number of methoxy groups -OCH3 is 1. The number of carbonyl (C=O) groups excluding carboxylic acids is 1. The van der Waals surface area contributed by atoms with Gasteiger partial charge < -0.3 is 20.0 Å². The van der Waals surface area contributed by atoms with Crippen molar-refractivity contribution in [2.24, 2.45) is 5.16 Å². The monoisotopic (exact) mass is 392 g/mol. The van der Waals surface area contributed by atoms with Gasteiger partial charge in [-0.05, 0) is 33.6 Å². The summed E-state index contributed by atoms with van der Waals surface area (Å²) in [6.07, 6.45) is 1.27. The number of hydrogen-bond donors (Lipinski definition) is 2. The van der Waals surface area contributed by atoms with Crippen LogP contribution in [0.4, 0.5) is 0 Å². The Hall–Kier alpha value is -2.54. The highest BCUT2D eigenvalue weighted by Gasteiger charge is 2.13. The van der Waals surface area contributed by atoms with E-state index in [1.54, 1.807) is 12.1 Å². The fourth-order valence-corrected chi connectivity index (χ4v) is 2.58. The van der Waals surface area contributed by atoms with Gasteiger partial charge in [-0.3, -0.25) is 4.79 Å². The van der Waals surface area contributed by atoms with Crippen molar-refractivity contribution in [3.8, 4) is 11.5 Å². The molecule has 0 aliphatic rings. The van der Waals surface area contributed by atoms with Gasteiger partial charge in [0.25, 0.3) is 5.91 Å². The summed E-state index contributed by atoms with van der Waals surface area (Å²) in [5, 5.41) is 14.4. The number of oxime groups is 1. The molecule has 0 aliphatic carbocycles. The predicted molar refractivity (Wildman–Crippen MR) is 93.9 cm³/mol. The first-order valence-electron chi connectivity index (χ1n) is 7.12. The Morgan fingerprint density at radius 1 is 1.33 bits per heavy atom. The smallest absolute Gasteiger partial charge is 0.258 e. The van der Waals surface area contributed by atoms with Crippen LogP contribution in [0.5, 0.6) is 11.5 Å². The molecule has 0 unspecified atom stereocenters. The van der Waals surface area contributed by atoms with Crippen LogP contribution < -0.4 is 14.8 Å². The highest BCUT2D eigenvalue weighted by molar-refractivity contribution is 9.10. The molecule has 0 bridgehead atoms. The van der Waals surface area contributed by atoms with Crippen LogP contribution >= 0.6 is 15.9 Å². The molecule has 0 heterocycles. The number of nitrogens with zero attached hydrogens (tertiary/aromatic N) is 1. The van der Waals surface area contributed by atoms with Crippen molar-refractivity contribution in [2.45, 2.75) is 6.54 Å². The third kappa shape index (κ3) is 4.99. The van der Waals surface area contributed by atoms with Gasteiger partial charge in [0.1, 0.15) is 0 Å². The number of halogens is 1. The van der Waals surface area contributed by atoms with Crippen molar-refractivity contribution in [1.82, 2.24) is 5.32 Å². The molecule has 0 atom stereocenters. The SMILES string of the molecule is COc1cc(C=NO)cc(Br)c1OCC(=O)NCc1ccccc1. The van der Waals surface area contributed by atoms with E-state index in [0.717, 1.165) is 5.56 Å². The first-order valence-corrected chi connectivity index (χ1v) is 7.91. The van der Waals surface area contributed by atoms with E-state index in [-0.39, 0.29) is 12.5 Å². The van der Waals surface area contributed by atoms with E-state index in [2.05, 4.69) is 26.4 Å². The summed E-state index contributed by atoms with van der Waals surface area (Å²) in [6.45, 7) is 0.294. The number of benzene rings is 2. The zero-order valence-electron chi connectivity index (χ0n) is 13.0. The van der Waals surface area contributed by atoms with Crippen LogP contribution in [0.25, 0.3) is 0 Å². The molecule has 0 spiro atoms. The first kappa shape index (κ1) is 17.8. The maximum atomic E-state index is 11.9. The molecule has 0 fully saturated rings. The Morgan fingerprint density at radius 2 is 2.08 bits per heavy atom. The Bertz CT molecular complexity index is 720. The lowest BCUT2D eigenvalue weighted by Gasteiger charge is -2.13. The molecule has 2 rings (SSSR count). The summed E-state index contributed by atoms with van der Waals surface area (Å²) in [7, 11) is 1.49. The van der Waals surface area contributed by atoms with Crippen LogP contribution in [0.2, 0.25) is 0 Å². The van der Waals surface area contributed by atoms with Crippen LogP contribution in [-0.4, -0.2) is 31.0 Å². The molecule has 0 aliphatic heterocycles. The second-order valence-corrected chi connectivity index (χ2v) is 5.68. The average molecular weight is 393 g/mol. The minimum absolute atomic E-state index is 0.144. The molecule has 2 aromatic rings. The van der Waals surface area contributed by atoms with Gasteiger partial charge >= 0.3 is 0 Å². The van der Waals surface area contributed by atoms with Gasteiger partial charge in [0.15, 0.2) is 18.1 Å². The van der Waals surface area contributed by atoms with Gasteiger partial charge in [-0.15, -0.1) is 0 Å². The number of nitrogens with one attached hydrogen (secondary N) is 1. The van der Waals surface area contributed by atoms with Crippen molar-refractivity contribution in [3.05, 3.63) is 58.1 Å². The molecule has 1 amide bonds. The van der Waals surface area contributed by atoms with Gasteiger partial charge in [0.2, 0.25) is 0 Å². The van der Waals surface area contributed by atoms with Crippen LogP contribution in [0.3, 0.4) is 0 Å². The number of rotatable bonds is 7. The fourth-order valence-electron chi connectivity index (χ4n) is 2.01. The molecule has 6 nitrogen and oxygen atoms in total. The summed E-state index contributed by atoms with van der Waals surface area (Å²) < 4.78 is 11.4. The van der Waals surface area contributed by atoms with Crippen molar-refractivity contribution < 1.29 is 19.5 Å². The topological polar surface area (TPSA) is 80.2 Å². The van der Waals surface area contributed by atoms with E-state index in [1.807, 2.05) is 30.3 Å². The molecule has 7 heteroatoms. The molecule has 126 valence electrons. The minimum Gasteiger partial charge on any atom is -0.493 e. The summed E-state index contributed by atoms with van der Waals surface area (Å²) in [5.41, 5.74) is 1.64. The van der Waals surface area contributed by atoms with E-state index < -0.39 is 0 Å². The predicted octanol–water partition coefficient (Wildman–Crippen LogP) is 2.96. The van der Waals surface area contributed by atoms with Crippen molar-refractivity contribution in [2.75, 3.05) is 13.7 Å². The van der Waals surface area contributed by atoms with Crippen molar-refractivity contribution in [1.29, 1.82) is 0 Å². The zero-order chi connectivity index (χ0) is 17.4. The summed E-state index contributed by atoms with van der Waals surface area (Å²) in [6, 6.07) is 12.9. The van der Waals surface area contributed by atoms with E-state index in [1.165, 1.54) is 13.3 Å². The van der Waals surface area contributed by atoms with Crippen LogP contribution in [0.15, 0.2) is 52.1 Å². The lowest BCUT2D eigenvalue weighted by Crippen LogP contribution is -2.28. The normalized spacial score (nSPS) is 10.6. The third-order valence-corrected chi connectivity index (χ3v) is 3.73. The van der Waals surface area contributed by atoms with Gasteiger partial charge in [-0.25, -0.2) is 0 Å². The number of carbonyl (C=O) groups is 1. The van der Waals surface area contributed by atoms with E-state index in [9.17, 15) is 4.79 Å². The second-order valence-electron chi connectivity index (χ2n) is 4.83. The second kappa shape index (κ2) is 8.93. The molecule has 0 aromatic heterocycles. The highest BCUT2D eigenvalue weighted by atomic mass is 79.9. The standard InChI is InChI=1S/C17H17BrN2O4/c1-23-15-8-13(10-20-22)7-14(18)17(15)24-11-16(21)19-9-12-5-3-2-4-6-12/h2-8,10,22H,9,11H2,1H3,(H,19,21). The van der Waals surface area contributed by atoms with Crippen LogP contribution in [0, 0.1) is 0 Å². The van der Waals surface area contributed by atoms with Crippen LogP contribution in [-0.2, 0) is 11.3 Å². The summed E-state index contributed by atoms with van der Waals surface area (Å²) in [4.78, 5) is 11.9. The largest absolute Gasteiger partial charge is 0.493 e. The van der Waals surface area contributed by atoms with E-state index >= 15 is 0 Å². The number of hydrogen-bond acceptors (Lipinski definition) is 5. The lowest BCUT2D eigenvalue weighted by atomic mass is 10.2. The van der Waals surface area contributed by atoms with Gasteiger partial charge in [-0.1, -0.05) is 35.5 Å². The number of ether oxygens (including phenoxy) is 2. The maximum Gasteiger partial charge on any atom is 0.258 e. The molecule has 2 aromatic carbocycles. The Kier molecular flexibility index (Phi) is 6.62. The Balaban J connectivity index is 1.97. The van der Waals surface area contributed by atoms with Gasteiger partial charge in [0, 0.05) is 12.1 Å². The molecular weight excluding hydrogens is 376 g/mol. The van der Waals surface area contributed by atoms with E-state index in [0.29, 0.717) is 28.1 Å². The fraction of sp³-hybridized carbons (Fsp3) is 0.176. The Morgan fingerprint density at radius 3 is 2.75 bits per heavy atom. The van der Waals surface area contributed by atoms with Gasteiger partial charge in [-0.2, -0.15) is 0 Å². The average Bonchev–Trinajstić information content (AvgIpc) is 2.59. The Labute approximate surface area is 148 Å². The highest BCUT2D eigenvalue weighted by Crippen LogP contribution is 2.36. The minimum atomic E-state index is -0.242. The quantitative estimate of drug-likeness (QED) is 0.431. The van der Waals surface area contributed by atoms with Crippen LogP contribution in [0.1, 0.15) is 11.1 Å². The molecule has 0 saturated heterocycles. The van der Waals surface area contributed by atoms with Gasteiger partial charge in [0.05, 0.1) is 17.8 Å². The maximum absolute atomic E-state index is 11.9. The van der Waals surface area contributed by atoms with E-state index in [4.69, 9.17) is 14.7 Å². The van der Waals surface area contributed by atoms with Crippen molar-refractivity contribution in [3.63, 3.8) is 0 Å². The molecule has 0 radical (unpaired) electrons. The van der Waals surface area contributed by atoms with Crippen molar-refractivity contribution >= 4 is 28.1 Å². The summed E-state index contributed by atoms with van der Waals surface area (Å²) in [5.74, 6) is 0.589. The molecular formula is C17H17BrN2O4. The zero-order valence-corrected chi connectivity index (χ0v) is 14.6.